The highest BCUT2D eigenvalue weighted by Crippen LogP contribution is 2.20. The lowest BCUT2D eigenvalue weighted by Gasteiger charge is -2.21. The summed E-state index contributed by atoms with van der Waals surface area (Å²) in [4.78, 5) is 13.9. The highest BCUT2D eigenvalue weighted by Gasteiger charge is 2.18. The molecule has 0 atom stereocenters. The van der Waals surface area contributed by atoms with E-state index < -0.39 is 9.05 Å². The molecule has 1 aromatic carbocycles. The Morgan fingerprint density at radius 3 is 2.62 bits per heavy atom. The SMILES string of the molecule is C=CCN(CCOC)C(=O)c1cc(C)cc(S(=O)(=O)Cl)c1. The van der Waals surface area contributed by atoms with E-state index in [9.17, 15) is 13.2 Å². The first kappa shape index (κ1) is 17.7. The Kier molecular flexibility index (Phi) is 6.39. The van der Waals surface area contributed by atoms with E-state index in [1.807, 2.05) is 0 Å². The van der Waals surface area contributed by atoms with E-state index in [1.165, 1.54) is 17.0 Å². The molecular formula is C14H18ClNO4S. The first-order valence-corrected chi connectivity index (χ1v) is 8.56. The molecule has 1 aromatic rings. The van der Waals surface area contributed by atoms with Gasteiger partial charge in [-0.05, 0) is 30.7 Å². The summed E-state index contributed by atoms with van der Waals surface area (Å²) in [7, 11) is 3.01. The van der Waals surface area contributed by atoms with Gasteiger partial charge in [0, 0.05) is 36.4 Å². The van der Waals surface area contributed by atoms with Crippen LogP contribution in [0.15, 0.2) is 35.7 Å². The molecule has 0 aliphatic heterocycles. The molecule has 0 spiro atoms. The molecule has 5 nitrogen and oxygen atoms in total. The molecule has 7 heteroatoms. The number of hydrogen-bond acceptors (Lipinski definition) is 4. The number of hydrogen-bond donors (Lipinski definition) is 0. The summed E-state index contributed by atoms with van der Waals surface area (Å²) < 4.78 is 27.8. The molecule has 116 valence electrons. The predicted molar refractivity (Wildman–Crippen MR) is 82.2 cm³/mol. The van der Waals surface area contributed by atoms with E-state index in [2.05, 4.69) is 6.58 Å². The second kappa shape index (κ2) is 7.59. The second-order valence-electron chi connectivity index (χ2n) is 4.51. The lowest BCUT2D eigenvalue weighted by molar-refractivity contribution is 0.0718. The molecule has 0 aromatic heterocycles. The Morgan fingerprint density at radius 1 is 1.43 bits per heavy atom. The maximum Gasteiger partial charge on any atom is 0.261 e. The lowest BCUT2D eigenvalue weighted by atomic mass is 10.1. The van der Waals surface area contributed by atoms with Gasteiger partial charge in [0.15, 0.2) is 0 Å². The van der Waals surface area contributed by atoms with Crippen LogP contribution in [-0.2, 0) is 13.8 Å². The normalized spacial score (nSPS) is 11.2. The van der Waals surface area contributed by atoms with Gasteiger partial charge in [-0.3, -0.25) is 4.79 Å². The highest BCUT2D eigenvalue weighted by atomic mass is 35.7. The smallest absolute Gasteiger partial charge is 0.261 e. The van der Waals surface area contributed by atoms with Gasteiger partial charge < -0.3 is 9.64 Å². The summed E-state index contributed by atoms with van der Waals surface area (Å²) in [5, 5.41) is 0. The van der Waals surface area contributed by atoms with Crippen LogP contribution in [0.25, 0.3) is 0 Å². The molecule has 0 heterocycles. The van der Waals surface area contributed by atoms with Crippen LogP contribution in [0.5, 0.6) is 0 Å². The summed E-state index contributed by atoms with van der Waals surface area (Å²) >= 11 is 0. The van der Waals surface area contributed by atoms with Gasteiger partial charge in [-0.2, -0.15) is 0 Å². The number of ether oxygens (including phenoxy) is 1. The molecule has 0 radical (unpaired) electrons. The van der Waals surface area contributed by atoms with Crippen molar-refractivity contribution in [1.82, 2.24) is 4.90 Å². The van der Waals surface area contributed by atoms with Gasteiger partial charge in [-0.25, -0.2) is 8.42 Å². The van der Waals surface area contributed by atoms with E-state index in [-0.39, 0.29) is 16.4 Å². The molecule has 0 unspecified atom stereocenters. The maximum absolute atomic E-state index is 12.5. The molecule has 0 bridgehead atoms. The zero-order valence-corrected chi connectivity index (χ0v) is 13.6. The van der Waals surface area contributed by atoms with Gasteiger partial charge >= 0.3 is 0 Å². The minimum atomic E-state index is -3.88. The fraction of sp³-hybridized carbons (Fsp3) is 0.357. The Hall–Kier alpha value is -1.37. The number of carbonyl (C=O) groups is 1. The van der Waals surface area contributed by atoms with Gasteiger partial charge in [0.1, 0.15) is 0 Å². The van der Waals surface area contributed by atoms with Crippen molar-refractivity contribution >= 4 is 25.6 Å². The van der Waals surface area contributed by atoms with Crippen LogP contribution < -0.4 is 0 Å². The molecule has 0 saturated heterocycles. The van der Waals surface area contributed by atoms with Crippen molar-refractivity contribution < 1.29 is 17.9 Å². The maximum atomic E-state index is 12.5. The summed E-state index contributed by atoms with van der Waals surface area (Å²) in [6.07, 6.45) is 1.60. The van der Waals surface area contributed by atoms with Crippen LogP contribution in [0, 0.1) is 6.92 Å². The van der Waals surface area contributed by atoms with Gasteiger partial charge in [0.2, 0.25) is 0 Å². The highest BCUT2D eigenvalue weighted by molar-refractivity contribution is 8.13. The fourth-order valence-corrected chi connectivity index (χ4v) is 2.69. The van der Waals surface area contributed by atoms with Crippen LogP contribution in [0.2, 0.25) is 0 Å². The molecule has 0 fully saturated rings. The monoisotopic (exact) mass is 331 g/mol. The van der Waals surface area contributed by atoms with Crippen LogP contribution in [0.4, 0.5) is 0 Å². The zero-order chi connectivity index (χ0) is 16.0. The summed E-state index contributed by atoms with van der Waals surface area (Å²) in [6.45, 7) is 6.43. The van der Waals surface area contributed by atoms with E-state index in [4.69, 9.17) is 15.4 Å². The number of benzene rings is 1. The fourth-order valence-electron chi connectivity index (χ4n) is 1.83. The summed E-state index contributed by atoms with van der Waals surface area (Å²) in [6, 6.07) is 4.32. The number of methoxy groups -OCH3 is 1. The Bertz CT molecular complexity index is 628. The minimum absolute atomic E-state index is 0.0854. The molecule has 1 rings (SSSR count). The largest absolute Gasteiger partial charge is 0.383 e. The van der Waals surface area contributed by atoms with Crippen LogP contribution in [0.3, 0.4) is 0 Å². The third-order valence-electron chi connectivity index (χ3n) is 2.78. The third-order valence-corrected chi connectivity index (χ3v) is 4.11. The third kappa shape index (κ3) is 5.15. The number of amides is 1. The van der Waals surface area contributed by atoms with Crippen molar-refractivity contribution in [3.8, 4) is 0 Å². The van der Waals surface area contributed by atoms with Crippen LogP contribution in [0.1, 0.15) is 15.9 Å². The van der Waals surface area contributed by atoms with Crippen molar-refractivity contribution in [2.75, 3.05) is 26.8 Å². The molecule has 0 aliphatic rings. The van der Waals surface area contributed by atoms with Gasteiger partial charge in [0.25, 0.3) is 15.0 Å². The lowest BCUT2D eigenvalue weighted by Crippen LogP contribution is -2.34. The van der Waals surface area contributed by atoms with E-state index in [0.717, 1.165) is 0 Å². The number of halogens is 1. The molecule has 0 saturated carbocycles. The summed E-state index contributed by atoms with van der Waals surface area (Å²) in [5.74, 6) is -0.294. The van der Waals surface area contributed by atoms with Gasteiger partial charge in [-0.15, -0.1) is 6.58 Å². The molecular weight excluding hydrogens is 314 g/mol. The predicted octanol–water partition coefficient (Wildman–Crippen LogP) is 2.20. The second-order valence-corrected chi connectivity index (χ2v) is 7.07. The number of carbonyl (C=O) groups excluding carboxylic acids is 1. The standard InChI is InChI=1S/C14H18ClNO4S/c1-4-5-16(6-7-20-3)14(17)12-8-11(2)9-13(10-12)21(15,18)19/h4,8-10H,1,5-7H2,2-3H3. The van der Waals surface area contributed by atoms with Gasteiger partial charge in [0.05, 0.1) is 11.5 Å². The van der Waals surface area contributed by atoms with E-state index in [1.54, 1.807) is 26.2 Å². The minimum Gasteiger partial charge on any atom is -0.383 e. The zero-order valence-electron chi connectivity index (χ0n) is 12.0. The topological polar surface area (TPSA) is 63.7 Å². The van der Waals surface area contributed by atoms with Crippen LogP contribution >= 0.6 is 10.7 Å². The first-order valence-electron chi connectivity index (χ1n) is 6.25. The molecule has 0 aliphatic carbocycles. The number of rotatable bonds is 7. The van der Waals surface area contributed by atoms with Crippen molar-refractivity contribution in [2.24, 2.45) is 0 Å². The van der Waals surface area contributed by atoms with E-state index >= 15 is 0 Å². The van der Waals surface area contributed by atoms with Crippen LogP contribution in [-0.4, -0.2) is 46.0 Å². The number of nitrogens with zero attached hydrogens (tertiary/aromatic N) is 1. The Balaban J connectivity index is 3.15. The van der Waals surface area contributed by atoms with Crippen molar-refractivity contribution in [3.05, 3.63) is 42.0 Å². The molecule has 0 N–H and O–H groups in total. The van der Waals surface area contributed by atoms with Crippen molar-refractivity contribution in [2.45, 2.75) is 11.8 Å². The van der Waals surface area contributed by atoms with Gasteiger partial charge in [-0.1, -0.05) is 6.08 Å². The quantitative estimate of drug-likeness (QED) is 0.567. The van der Waals surface area contributed by atoms with Crippen molar-refractivity contribution in [1.29, 1.82) is 0 Å². The average Bonchev–Trinajstić information content (AvgIpc) is 2.41. The molecule has 1 amide bonds. The summed E-state index contributed by atoms with van der Waals surface area (Å²) in [5.41, 5.74) is 0.914. The number of aryl methyl sites for hydroxylation is 1. The average molecular weight is 332 g/mol. The first-order chi connectivity index (χ1) is 9.79. The molecule has 21 heavy (non-hydrogen) atoms. The van der Waals surface area contributed by atoms with E-state index in [0.29, 0.717) is 25.3 Å². The Labute approximate surface area is 129 Å². The Morgan fingerprint density at radius 2 is 2.10 bits per heavy atom. The van der Waals surface area contributed by atoms with Crippen molar-refractivity contribution in [3.63, 3.8) is 0 Å².